The minimum absolute atomic E-state index is 0.739. The third-order valence-electron chi connectivity index (χ3n) is 8.25. The van der Waals surface area contributed by atoms with E-state index >= 15 is 0 Å². The molecule has 184 valence electrons. The van der Waals surface area contributed by atoms with Gasteiger partial charge in [0.05, 0.1) is 16.7 Å². The molecular formula is C37H21N3. The molecule has 0 atom stereocenters. The number of hydrogen-bond acceptors (Lipinski definition) is 3. The molecule has 0 spiro atoms. The van der Waals surface area contributed by atoms with Crippen LogP contribution in [0.3, 0.4) is 0 Å². The molecule has 3 heteroatoms. The molecule has 3 heterocycles. The zero-order valence-electron chi connectivity index (χ0n) is 21.5. The van der Waals surface area contributed by atoms with Crippen LogP contribution >= 0.6 is 0 Å². The fraction of sp³-hybridized carbons (Fsp3) is 0. The highest BCUT2D eigenvalue weighted by atomic mass is 14.9. The summed E-state index contributed by atoms with van der Waals surface area (Å²) in [6.45, 7) is 0. The molecule has 0 N–H and O–H groups in total. The number of fused-ring (bicyclic) bond motifs is 12. The Bertz CT molecular complexity index is 2460. The average molecular weight is 508 g/mol. The Morgan fingerprint density at radius 3 is 1.70 bits per heavy atom. The lowest BCUT2D eigenvalue weighted by atomic mass is 9.92. The Hall–Kier alpha value is -5.41. The molecule has 0 fully saturated rings. The Labute approximate surface area is 229 Å². The first-order valence-corrected chi connectivity index (χ1v) is 13.5. The Morgan fingerprint density at radius 1 is 0.375 bits per heavy atom. The molecule has 0 radical (unpaired) electrons. The third-order valence-corrected chi connectivity index (χ3v) is 8.25. The molecule has 0 saturated heterocycles. The number of pyridine rings is 3. The molecule has 0 aliphatic carbocycles. The van der Waals surface area contributed by atoms with Crippen LogP contribution in [0, 0.1) is 0 Å². The third kappa shape index (κ3) is 2.97. The number of nitrogens with zero attached hydrogens (tertiary/aromatic N) is 3. The van der Waals surface area contributed by atoms with Gasteiger partial charge in [-0.3, -0.25) is 4.98 Å². The molecule has 9 rings (SSSR count). The van der Waals surface area contributed by atoms with Crippen molar-refractivity contribution in [2.45, 2.75) is 0 Å². The van der Waals surface area contributed by atoms with Crippen molar-refractivity contribution in [1.29, 1.82) is 0 Å². The maximum atomic E-state index is 5.24. The van der Waals surface area contributed by atoms with Gasteiger partial charge in [-0.2, -0.15) is 0 Å². The molecule has 9 aromatic rings. The molecule has 0 unspecified atom stereocenters. The van der Waals surface area contributed by atoms with Gasteiger partial charge in [0.1, 0.15) is 0 Å². The summed E-state index contributed by atoms with van der Waals surface area (Å²) >= 11 is 0. The van der Waals surface area contributed by atoms with Gasteiger partial charge < -0.3 is 0 Å². The summed E-state index contributed by atoms with van der Waals surface area (Å²) in [7, 11) is 0. The SMILES string of the molecule is c1cnc2c(c1)ccc1cc3c(nc(-c4ccc5c6ccccc6c6ccccc6c5c4)c4ccccc43)nc12. The summed E-state index contributed by atoms with van der Waals surface area (Å²) < 4.78 is 0. The summed E-state index contributed by atoms with van der Waals surface area (Å²) in [6.07, 6.45) is 1.83. The zero-order valence-corrected chi connectivity index (χ0v) is 21.5. The highest BCUT2D eigenvalue weighted by molar-refractivity contribution is 6.26. The number of rotatable bonds is 1. The Morgan fingerprint density at radius 2 is 0.975 bits per heavy atom. The molecule has 0 amide bonds. The Balaban J connectivity index is 1.40. The molecule has 0 aliphatic heterocycles. The van der Waals surface area contributed by atoms with Crippen molar-refractivity contribution < 1.29 is 0 Å². The second-order valence-electron chi connectivity index (χ2n) is 10.4. The minimum atomic E-state index is 0.739. The molecule has 40 heavy (non-hydrogen) atoms. The van der Waals surface area contributed by atoms with E-state index in [0.717, 1.165) is 54.9 Å². The van der Waals surface area contributed by atoms with Gasteiger partial charge in [0.15, 0.2) is 5.65 Å². The second-order valence-corrected chi connectivity index (χ2v) is 10.4. The summed E-state index contributed by atoms with van der Waals surface area (Å²) in [4.78, 5) is 15.0. The van der Waals surface area contributed by atoms with Gasteiger partial charge in [-0.15, -0.1) is 0 Å². The van der Waals surface area contributed by atoms with Crippen LogP contribution < -0.4 is 0 Å². The highest BCUT2D eigenvalue weighted by Gasteiger charge is 2.15. The van der Waals surface area contributed by atoms with E-state index in [4.69, 9.17) is 9.97 Å². The van der Waals surface area contributed by atoms with Crippen LogP contribution in [0.1, 0.15) is 0 Å². The van der Waals surface area contributed by atoms with Crippen LogP contribution in [-0.4, -0.2) is 15.0 Å². The van der Waals surface area contributed by atoms with Gasteiger partial charge in [0, 0.05) is 33.3 Å². The quantitative estimate of drug-likeness (QED) is 0.164. The Kier molecular flexibility index (Phi) is 4.33. The smallest absolute Gasteiger partial charge is 0.161 e. The van der Waals surface area contributed by atoms with Gasteiger partial charge >= 0.3 is 0 Å². The first-order chi connectivity index (χ1) is 19.8. The van der Waals surface area contributed by atoms with Gasteiger partial charge in [-0.25, -0.2) is 9.97 Å². The van der Waals surface area contributed by atoms with Crippen LogP contribution in [0.5, 0.6) is 0 Å². The van der Waals surface area contributed by atoms with Gasteiger partial charge in [-0.1, -0.05) is 103 Å². The van der Waals surface area contributed by atoms with Crippen molar-refractivity contribution in [2.75, 3.05) is 0 Å². The largest absolute Gasteiger partial charge is 0.254 e. The lowest BCUT2D eigenvalue weighted by molar-refractivity contribution is 1.34. The molecule has 0 aliphatic rings. The van der Waals surface area contributed by atoms with E-state index in [9.17, 15) is 0 Å². The predicted molar refractivity (Wildman–Crippen MR) is 168 cm³/mol. The average Bonchev–Trinajstić information content (AvgIpc) is 3.03. The van der Waals surface area contributed by atoms with Gasteiger partial charge in [0.2, 0.25) is 0 Å². The maximum absolute atomic E-state index is 5.24. The first kappa shape index (κ1) is 21.5. The van der Waals surface area contributed by atoms with Crippen LogP contribution in [0.4, 0.5) is 0 Å². The topological polar surface area (TPSA) is 38.7 Å². The van der Waals surface area contributed by atoms with Crippen LogP contribution in [0.2, 0.25) is 0 Å². The predicted octanol–water partition coefficient (Wildman–Crippen LogP) is 9.61. The van der Waals surface area contributed by atoms with E-state index in [0.29, 0.717) is 0 Å². The summed E-state index contributed by atoms with van der Waals surface area (Å²) in [5.74, 6) is 0. The summed E-state index contributed by atoms with van der Waals surface area (Å²) in [6, 6.07) is 43.2. The lowest BCUT2D eigenvalue weighted by Gasteiger charge is -2.14. The van der Waals surface area contributed by atoms with E-state index in [1.807, 2.05) is 12.3 Å². The zero-order chi connectivity index (χ0) is 26.2. The number of aromatic nitrogens is 3. The van der Waals surface area contributed by atoms with Crippen LogP contribution in [0.15, 0.2) is 128 Å². The van der Waals surface area contributed by atoms with Crippen molar-refractivity contribution in [3.05, 3.63) is 128 Å². The van der Waals surface area contributed by atoms with E-state index in [1.165, 1.54) is 32.3 Å². The second kappa shape index (κ2) is 8.05. The molecule has 0 bridgehead atoms. The fourth-order valence-electron chi connectivity index (χ4n) is 6.41. The minimum Gasteiger partial charge on any atom is -0.254 e. The molecular weight excluding hydrogens is 486 g/mol. The fourth-order valence-corrected chi connectivity index (χ4v) is 6.41. The molecule has 0 saturated carbocycles. The van der Waals surface area contributed by atoms with Crippen molar-refractivity contribution in [3.63, 3.8) is 0 Å². The van der Waals surface area contributed by atoms with Crippen molar-refractivity contribution in [3.8, 4) is 11.3 Å². The lowest BCUT2D eigenvalue weighted by Crippen LogP contribution is -1.94. The van der Waals surface area contributed by atoms with Crippen LogP contribution in [-0.2, 0) is 0 Å². The number of benzene rings is 6. The van der Waals surface area contributed by atoms with E-state index in [-0.39, 0.29) is 0 Å². The van der Waals surface area contributed by atoms with Gasteiger partial charge in [0.25, 0.3) is 0 Å². The molecule has 6 aromatic carbocycles. The van der Waals surface area contributed by atoms with E-state index < -0.39 is 0 Å². The highest BCUT2D eigenvalue weighted by Crippen LogP contribution is 2.39. The molecule has 3 aromatic heterocycles. The first-order valence-electron chi connectivity index (χ1n) is 13.5. The van der Waals surface area contributed by atoms with Crippen molar-refractivity contribution in [2.24, 2.45) is 0 Å². The maximum Gasteiger partial charge on any atom is 0.161 e. The van der Waals surface area contributed by atoms with E-state index in [2.05, 4.69) is 120 Å². The van der Waals surface area contributed by atoms with Gasteiger partial charge in [-0.05, 0) is 55.9 Å². The summed E-state index contributed by atoms with van der Waals surface area (Å²) in [5, 5.41) is 13.1. The number of hydrogen-bond donors (Lipinski definition) is 0. The standard InChI is InChI=1S/C37H21N3/c1-2-11-27-25(9-1)26-10-3-4-12-28(26)32-20-23(17-18-30(27)32)34-31-14-6-5-13-29(31)33-21-24-16-15-22-8-7-19-38-35(22)36(24)40-37(33)39-34/h1-21H. The monoisotopic (exact) mass is 507 g/mol. The van der Waals surface area contributed by atoms with Crippen molar-refractivity contribution in [1.82, 2.24) is 15.0 Å². The van der Waals surface area contributed by atoms with E-state index in [1.54, 1.807) is 0 Å². The van der Waals surface area contributed by atoms with Crippen molar-refractivity contribution >= 4 is 75.9 Å². The summed E-state index contributed by atoms with van der Waals surface area (Å²) in [5.41, 5.74) is 4.56. The molecule has 3 nitrogen and oxygen atoms in total. The normalized spacial score (nSPS) is 12.0. The van der Waals surface area contributed by atoms with Crippen LogP contribution in [0.25, 0.3) is 87.2 Å².